The van der Waals surface area contributed by atoms with Crippen molar-refractivity contribution in [2.45, 2.75) is 0 Å². The lowest BCUT2D eigenvalue weighted by atomic mass is 10.2. The fourth-order valence-electron chi connectivity index (χ4n) is 1.59. The van der Waals surface area contributed by atoms with Crippen LogP contribution in [0.3, 0.4) is 0 Å². The number of nitrogens with zero attached hydrogens (tertiary/aromatic N) is 2. The van der Waals surface area contributed by atoms with Gasteiger partial charge in [0.2, 0.25) is 0 Å². The van der Waals surface area contributed by atoms with E-state index in [0.717, 1.165) is 5.56 Å². The van der Waals surface area contributed by atoms with E-state index < -0.39 is 11.8 Å². The number of rotatable bonds is 5. The molecule has 1 heterocycles. The molecule has 0 radical (unpaired) electrons. The van der Waals surface area contributed by atoms with Crippen LogP contribution < -0.4 is 10.7 Å². The third kappa shape index (κ3) is 4.41. The number of hydrogen-bond donors (Lipinski definition) is 3. The van der Waals surface area contributed by atoms with Crippen molar-refractivity contribution in [1.82, 2.24) is 15.7 Å². The van der Waals surface area contributed by atoms with Crippen molar-refractivity contribution >= 4 is 18.0 Å². The SMILES string of the molecule is O=C(CNC(=O)c1ccccc1O)N/N=C\c1cccnc1. The first-order valence-corrected chi connectivity index (χ1v) is 6.45. The van der Waals surface area contributed by atoms with E-state index in [1.165, 1.54) is 18.3 Å². The third-order valence-corrected chi connectivity index (χ3v) is 2.65. The summed E-state index contributed by atoms with van der Waals surface area (Å²) in [6.07, 6.45) is 4.66. The van der Waals surface area contributed by atoms with E-state index in [2.05, 4.69) is 20.8 Å². The van der Waals surface area contributed by atoms with Crippen molar-refractivity contribution in [1.29, 1.82) is 0 Å². The van der Waals surface area contributed by atoms with Gasteiger partial charge in [0, 0.05) is 18.0 Å². The summed E-state index contributed by atoms with van der Waals surface area (Å²) < 4.78 is 0. The van der Waals surface area contributed by atoms with Gasteiger partial charge in [-0.15, -0.1) is 0 Å². The minimum atomic E-state index is -0.538. The maximum atomic E-state index is 11.8. The number of carbonyl (C=O) groups is 2. The Labute approximate surface area is 126 Å². The third-order valence-electron chi connectivity index (χ3n) is 2.65. The van der Waals surface area contributed by atoms with Crippen molar-refractivity contribution in [3.63, 3.8) is 0 Å². The van der Waals surface area contributed by atoms with Gasteiger partial charge in [-0.1, -0.05) is 18.2 Å². The summed E-state index contributed by atoms with van der Waals surface area (Å²) in [5.41, 5.74) is 3.12. The zero-order chi connectivity index (χ0) is 15.8. The molecular weight excluding hydrogens is 284 g/mol. The number of aromatic hydroxyl groups is 1. The zero-order valence-electron chi connectivity index (χ0n) is 11.6. The van der Waals surface area contributed by atoms with Gasteiger partial charge >= 0.3 is 0 Å². The fraction of sp³-hybridized carbons (Fsp3) is 0.0667. The molecule has 0 saturated heterocycles. The number of pyridine rings is 1. The highest BCUT2D eigenvalue weighted by molar-refractivity contribution is 5.98. The van der Waals surface area contributed by atoms with Gasteiger partial charge < -0.3 is 10.4 Å². The summed E-state index contributed by atoms with van der Waals surface area (Å²) in [6, 6.07) is 9.60. The number of benzene rings is 1. The molecule has 7 heteroatoms. The predicted molar refractivity (Wildman–Crippen MR) is 80.4 cm³/mol. The highest BCUT2D eigenvalue weighted by Crippen LogP contribution is 2.14. The average Bonchev–Trinajstić information content (AvgIpc) is 2.54. The molecular formula is C15H14N4O3. The second-order valence-corrected chi connectivity index (χ2v) is 4.28. The van der Waals surface area contributed by atoms with E-state index in [-0.39, 0.29) is 17.9 Å². The minimum absolute atomic E-state index is 0.106. The van der Waals surface area contributed by atoms with Crippen LogP contribution in [0.5, 0.6) is 5.75 Å². The van der Waals surface area contributed by atoms with Gasteiger partial charge in [0.05, 0.1) is 18.3 Å². The molecule has 0 aliphatic heterocycles. The Bertz CT molecular complexity index is 686. The second-order valence-electron chi connectivity index (χ2n) is 4.28. The van der Waals surface area contributed by atoms with E-state index in [1.807, 2.05) is 0 Å². The van der Waals surface area contributed by atoms with Gasteiger partial charge in [0.1, 0.15) is 5.75 Å². The number of carbonyl (C=O) groups excluding carboxylic acids is 2. The summed E-state index contributed by atoms with van der Waals surface area (Å²) in [6.45, 7) is -0.252. The summed E-state index contributed by atoms with van der Waals surface area (Å²) >= 11 is 0. The van der Waals surface area contributed by atoms with E-state index in [9.17, 15) is 14.7 Å². The van der Waals surface area contributed by atoms with Gasteiger partial charge in [-0.3, -0.25) is 14.6 Å². The molecule has 112 valence electrons. The van der Waals surface area contributed by atoms with Crippen LogP contribution in [-0.2, 0) is 4.79 Å². The zero-order valence-corrected chi connectivity index (χ0v) is 11.6. The van der Waals surface area contributed by atoms with Crippen molar-refractivity contribution < 1.29 is 14.7 Å². The topological polar surface area (TPSA) is 104 Å². The van der Waals surface area contributed by atoms with Gasteiger partial charge in [0.15, 0.2) is 0 Å². The first-order valence-electron chi connectivity index (χ1n) is 6.45. The monoisotopic (exact) mass is 298 g/mol. The van der Waals surface area contributed by atoms with Crippen LogP contribution in [0.25, 0.3) is 0 Å². The van der Waals surface area contributed by atoms with Crippen LogP contribution in [0.1, 0.15) is 15.9 Å². The molecule has 0 aliphatic rings. The number of amides is 2. The number of phenolic OH excluding ortho intramolecular Hbond substituents is 1. The molecule has 2 rings (SSSR count). The van der Waals surface area contributed by atoms with E-state index in [1.54, 1.807) is 36.7 Å². The smallest absolute Gasteiger partial charge is 0.259 e. The van der Waals surface area contributed by atoms with Gasteiger partial charge in [-0.05, 0) is 18.2 Å². The molecule has 1 aromatic heterocycles. The molecule has 0 bridgehead atoms. The number of para-hydroxylation sites is 1. The molecule has 7 nitrogen and oxygen atoms in total. The summed E-state index contributed by atoms with van der Waals surface area (Å²) in [5.74, 6) is -1.16. The molecule has 0 aliphatic carbocycles. The standard InChI is InChI=1S/C15H14N4O3/c20-13-6-2-1-5-12(13)15(22)17-10-14(21)19-18-9-11-4-3-7-16-8-11/h1-9,20H,10H2,(H,17,22)(H,19,21)/b18-9-. The Morgan fingerprint density at radius 2 is 2.05 bits per heavy atom. The second kappa shape index (κ2) is 7.53. The average molecular weight is 298 g/mol. The van der Waals surface area contributed by atoms with E-state index in [4.69, 9.17) is 0 Å². The molecule has 0 fully saturated rings. The number of hydrazone groups is 1. The predicted octanol–water partition coefficient (Wildman–Crippen LogP) is 0.667. The van der Waals surface area contributed by atoms with Gasteiger partial charge in [0.25, 0.3) is 11.8 Å². The summed E-state index contributed by atoms with van der Waals surface area (Å²) in [4.78, 5) is 27.2. The molecule has 3 N–H and O–H groups in total. The normalized spacial score (nSPS) is 10.4. The summed E-state index contributed by atoms with van der Waals surface area (Å²) in [7, 11) is 0. The maximum absolute atomic E-state index is 11.8. The van der Waals surface area contributed by atoms with Crippen LogP contribution in [0.2, 0.25) is 0 Å². The van der Waals surface area contributed by atoms with Crippen LogP contribution in [-0.4, -0.2) is 34.7 Å². The maximum Gasteiger partial charge on any atom is 0.259 e. The lowest BCUT2D eigenvalue weighted by Crippen LogP contribution is -2.34. The molecule has 0 atom stereocenters. The van der Waals surface area contributed by atoms with Crippen LogP contribution >= 0.6 is 0 Å². The Kier molecular flexibility index (Phi) is 5.20. The molecule has 2 aromatic rings. The highest BCUT2D eigenvalue weighted by atomic mass is 16.3. The molecule has 1 aromatic carbocycles. The number of hydrogen-bond acceptors (Lipinski definition) is 5. The largest absolute Gasteiger partial charge is 0.507 e. The lowest BCUT2D eigenvalue weighted by Gasteiger charge is -2.05. The quantitative estimate of drug-likeness (QED) is 0.557. The fourth-order valence-corrected chi connectivity index (χ4v) is 1.59. The molecule has 2 amide bonds. The number of aromatic nitrogens is 1. The van der Waals surface area contributed by atoms with Crippen molar-refractivity contribution in [2.24, 2.45) is 5.10 Å². The van der Waals surface area contributed by atoms with Crippen molar-refractivity contribution in [2.75, 3.05) is 6.54 Å². The van der Waals surface area contributed by atoms with Crippen molar-refractivity contribution in [3.05, 3.63) is 59.9 Å². The Morgan fingerprint density at radius 1 is 1.23 bits per heavy atom. The van der Waals surface area contributed by atoms with E-state index in [0.29, 0.717) is 0 Å². The Hall–Kier alpha value is -3.22. The molecule has 0 spiro atoms. The molecule has 0 saturated carbocycles. The summed E-state index contributed by atoms with van der Waals surface area (Å²) in [5, 5.41) is 15.7. The van der Waals surface area contributed by atoms with Gasteiger partial charge in [-0.25, -0.2) is 5.43 Å². The van der Waals surface area contributed by atoms with Crippen LogP contribution in [0.15, 0.2) is 53.9 Å². The van der Waals surface area contributed by atoms with Crippen molar-refractivity contribution in [3.8, 4) is 5.75 Å². The minimum Gasteiger partial charge on any atom is -0.507 e. The van der Waals surface area contributed by atoms with E-state index >= 15 is 0 Å². The Balaban J connectivity index is 1.80. The van der Waals surface area contributed by atoms with Crippen LogP contribution in [0.4, 0.5) is 0 Å². The van der Waals surface area contributed by atoms with Gasteiger partial charge in [-0.2, -0.15) is 5.10 Å². The first-order chi connectivity index (χ1) is 10.7. The highest BCUT2D eigenvalue weighted by Gasteiger charge is 2.10. The molecule has 22 heavy (non-hydrogen) atoms. The number of phenols is 1. The van der Waals surface area contributed by atoms with Crippen LogP contribution in [0, 0.1) is 0 Å². The first kappa shape index (κ1) is 15.2. The number of nitrogens with one attached hydrogen (secondary N) is 2. The Morgan fingerprint density at radius 3 is 2.77 bits per heavy atom. The lowest BCUT2D eigenvalue weighted by molar-refractivity contribution is -0.120. The molecule has 0 unspecified atom stereocenters.